The first-order chi connectivity index (χ1) is 21.6. The van der Waals surface area contributed by atoms with Crippen molar-refractivity contribution in [3.05, 3.63) is 97.1 Å². The van der Waals surface area contributed by atoms with E-state index in [0.717, 1.165) is 22.3 Å². The fourth-order valence-electron chi connectivity index (χ4n) is 4.92. The Bertz CT molecular complexity index is 746. The van der Waals surface area contributed by atoms with Gasteiger partial charge in [-0.25, -0.2) is 0 Å². The van der Waals surface area contributed by atoms with Crippen molar-refractivity contribution in [1.29, 1.82) is 0 Å². The Kier molecular flexibility index (Phi) is 57.2. The number of hydrogen-bond donors (Lipinski definition) is 2. The number of hydrogen-bond acceptors (Lipinski definition) is 2. The molecule has 0 amide bonds. The molecular weight excluding hydrogens is 882 g/mol. The van der Waals surface area contributed by atoms with E-state index in [9.17, 15) is 10.2 Å². The summed E-state index contributed by atoms with van der Waals surface area (Å²) in [6.07, 6.45) is 15.3. The Morgan fingerprint density at radius 1 is 0.522 bits per heavy atom. The van der Waals surface area contributed by atoms with Crippen molar-refractivity contribution in [1.82, 2.24) is 0 Å². The first kappa shape index (κ1) is 58.3. The first-order valence-electron chi connectivity index (χ1n) is 16.8. The minimum Gasteiger partial charge on any atom is -0.669 e. The van der Waals surface area contributed by atoms with Gasteiger partial charge >= 0.3 is 54.5 Å². The van der Waals surface area contributed by atoms with Gasteiger partial charge in [-0.05, 0) is 24.0 Å². The first-order valence-corrected chi connectivity index (χ1v) is 21.8. The zero-order valence-corrected chi connectivity index (χ0v) is 36.3. The maximum absolute atomic E-state index is 9.33. The van der Waals surface area contributed by atoms with E-state index in [-0.39, 0.29) is 14.9 Å². The van der Waals surface area contributed by atoms with Gasteiger partial charge in [-0.15, -0.1) is 0 Å². The monoisotopic (exact) mass is 952 g/mol. The molecule has 4 atom stereocenters. The van der Waals surface area contributed by atoms with Crippen molar-refractivity contribution in [2.24, 2.45) is 0 Å². The average molecular weight is 953 g/mol. The summed E-state index contributed by atoms with van der Waals surface area (Å²) in [6, 6.07) is 14.7. The molecule has 46 heavy (non-hydrogen) atoms. The van der Waals surface area contributed by atoms with Crippen molar-refractivity contribution in [2.75, 3.05) is 0 Å². The van der Waals surface area contributed by atoms with Crippen LogP contribution in [0.4, 0.5) is 0 Å². The smallest absolute Gasteiger partial charge is 0.0459 e. The van der Waals surface area contributed by atoms with Gasteiger partial charge in [-0.2, -0.15) is 0 Å². The summed E-state index contributed by atoms with van der Waals surface area (Å²) in [4.78, 5) is 0. The van der Waals surface area contributed by atoms with Crippen LogP contribution in [0.5, 0.6) is 0 Å². The summed E-state index contributed by atoms with van der Waals surface area (Å²) >= 11 is 3.49. The zero-order valence-electron chi connectivity index (χ0n) is 30.7. The van der Waals surface area contributed by atoms with Crippen molar-refractivity contribution in [3.63, 3.8) is 0 Å². The van der Waals surface area contributed by atoms with Crippen LogP contribution in [0.3, 0.4) is 0 Å². The minimum atomic E-state index is -0.493. The standard InChI is InChI=1S/2C9H10NO.2C5H10.4C2H6.2CH3.2ClH.Ir.Rh/c2*10-9-7-4-2-1-3-6(7)5-8(9)11;2*1-2-4-5-3-1;4*1-2;;;;;;/h2*1-4,8-11H,5H2;2*1-5H2;4*1-2H3;2*1H3;2*1H;;/q2*-1;;;;;;;2*-1;;;2*+3/p-2/t2*8?,9-;;;;;;;;;;;;/m11............/s1. The summed E-state index contributed by atoms with van der Waals surface area (Å²) in [5.74, 6) is 0. The van der Waals surface area contributed by atoms with E-state index in [0.29, 0.717) is 12.8 Å². The second-order valence-electron chi connectivity index (χ2n) is 9.43. The fourth-order valence-corrected chi connectivity index (χ4v) is 4.92. The molecule has 6 rings (SSSR count). The summed E-state index contributed by atoms with van der Waals surface area (Å²) < 4.78 is 0. The molecule has 0 aromatic heterocycles. The SMILES string of the molecule is C1CCCC1.C1CCCC1.CC.CC.CC.CC.[CH3-].[CH3-].[Cl][Ir+2].[Cl][Rh+2].[NH-][C@@H]1c2ccccc2CC1O.[NH-][C@@H]1c2ccccc2CC1O. The van der Waals surface area contributed by atoms with E-state index >= 15 is 0 Å². The van der Waals surface area contributed by atoms with Gasteiger partial charge in [0.2, 0.25) is 0 Å². The number of nitrogens with one attached hydrogen (secondary N) is 2. The second kappa shape index (κ2) is 45.1. The number of halogens is 2. The van der Waals surface area contributed by atoms with Gasteiger partial charge in [-0.3, -0.25) is 0 Å². The molecular formula is C38H70Cl2IrN2O2Rh. The van der Waals surface area contributed by atoms with Crippen LogP contribution in [-0.2, 0) is 48.0 Å². The Balaban J connectivity index is -0.000000107. The quantitative estimate of drug-likeness (QED) is 0.204. The van der Waals surface area contributed by atoms with Crippen LogP contribution in [0.1, 0.15) is 154 Å². The molecule has 4 aliphatic rings. The Morgan fingerprint density at radius 2 is 0.717 bits per heavy atom. The topological polar surface area (TPSA) is 88.1 Å². The molecule has 4 nitrogen and oxygen atoms in total. The number of rotatable bonds is 0. The predicted molar refractivity (Wildman–Crippen MR) is 203 cm³/mol. The fraction of sp³-hybridized carbons (Fsp3) is 0.632. The van der Waals surface area contributed by atoms with Crippen LogP contribution >= 0.6 is 19.3 Å². The number of fused-ring (bicyclic) bond motifs is 2. The van der Waals surface area contributed by atoms with E-state index in [1.807, 2.05) is 121 Å². The van der Waals surface area contributed by atoms with E-state index in [4.69, 9.17) is 11.5 Å². The number of aliphatic hydroxyl groups is 2. The van der Waals surface area contributed by atoms with Crippen LogP contribution in [0.15, 0.2) is 48.5 Å². The molecule has 276 valence electrons. The van der Waals surface area contributed by atoms with E-state index in [1.54, 1.807) is 0 Å². The van der Waals surface area contributed by atoms with Gasteiger partial charge in [-0.1, -0.05) is 191 Å². The van der Waals surface area contributed by atoms with E-state index in [2.05, 4.69) is 19.3 Å². The molecule has 0 aliphatic heterocycles. The van der Waals surface area contributed by atoms with Gasteiger partial charge in [0.05, 0.1) is 0 Å². The molecule has 0 radical (unpaired) electrons. The molecule has 0 heterocycles. The molecule has 4 N–H and O–H groups in total. The summed E-state index contributed by atoms with van der Waals surface area (Å²) in [5.41, 5.74) is 19.4. The van der Waals surface area contributed by atoms with Crippen LogP contribution in [0.25, 0.3) is 11.5 Å². The summed E-state index contributed by atoms with van der Waals surface area (Å²) in [7, 11) is 9.17. The van der Waals surface area contributed by atoms with Crippen LogP contribution in [-0.4, -0.2) is 22.4 Å². The molecule has 0 spiro atoms. The normalized spacial score (nSPS) is 19.7. The number of benzene rings is 2. The average Bonchev–Trinajstić information content (AvgIpc) is 3.96. The molecule has 2 fully saturated rings. The third kappa shape index (κ3) is 26.1. The minimum absolute atomic E-state index is 0. The zero-order chi connectivity index (χ0) is 34.8. The van der Waals surface area contributed by atoms with Crippen LogP contribution in [0.2, 0.25) is 0 Å². The van der Waals surface area contributed by atoms with Crippen LogP contribution < -0.4 is 0 Å². The molecule has 2 aromatic rings. The Hall–Kier alpha value is 0.133. The van der Waals surface area contributed by atoms with E-state index < -0.39 is 24.3 Å². The third-order valence-corrected chi connectivity index (χ3v) is 6.91. The largest absolute Gasteiger partial charge is 0.669 e. The van der Waals surface area contributed by atoms with Gasteiger partial charge in [0.25, 0.3) is 0 Å². The van der Waals surface area contributed by atoms with E-state index in [1.165, 1.54) is 82.1 Å². The summed E-state index contributed by atoms with van der Waals surface area (Å²) in [5, 5.41) is 18.7. The van der Waals surface area contributed by atoms with Gasteiger partial charge < -0.3 is 36.5 Å². The molecule has 4 aliphatic carbocycles. The maximum atomic E-state index is 9.33. The third-order valence-electron chi connectivity index (χ3n) is 6.91. The van der Waals surface area contributed by atoms with Gasteiger partial charge in [0.1, 0.15) is 0 Å². The molecule has 2 saturated carbocycles. The molecule has 0 bridgehead atoms. The van der Waals surface area contributed by atoms with Gasteiger partial charge in [0, 0.05) is 12.2 Å². The predicted octanol–water partition coefficient (Wildman–Crippen LogP) is 13.7. The molecule has 8 heteroatoms. The van der Waals surface area contributed by atoms with Gasteiger partial charge in [0.15, 0.2) is 0 Å². The molecule has 0 saturated heterocycles. The Morgan fingerprint density at radius 3 is 0.913 bits per heavy atom. The maximum Gasteiger partial charge on any atom is 0.0459 e. The van der Waals surface area contributed by atoms with Crippen molar-refractivity contribution in [3.8, 4) is 0 Å². The van der Waals surface area contributed by atoms with Crippen molar-refractivity contribution >= 4 is 19.3 Å². The molecule has 2 unspecified atom stereocenters. The second-order valence-corrected chi connectivity index (χ2v) is 9.43. The summed E-state index contributed by atoms with van der Waals surface area (Å²) in [6.45, 7) is 16.0. The van der Waals surface area contributed by atoms with Crippen molar-refractivity contribution < 1.29 is 45.4 Å². The van der Waals surface area contributed by atoms with Crippen LogP contribution in [0, 0.1) is 14.9 Å². The molecule has 2 aromatic carbocycles. The Labute approximate surface area is 316 Å². The van der Waals surface area contributed by atoms with Crippen molar-refractivity contribution in [2.45, 2.75) is 157 Å². The number of aliphatic hydroxyl groups excluding tert-OH is 2.